The Morgan fingerprint density at radius 2 is 2.17 bits per heavy atom. The lowest BCUT2D eigenvalue weighted by Crippen LogP contribution is -2.13. The first-order valence-corrected chi connectivity index (χ1v) is 8.34. The van der Waals surface area contributed by atoms with Gasteiger partial charge >= 0.3 is 0 Å². The van der Waals surface area contributed by atoms with Gasteiger partial charge in [0.05, 0.1) is 5.69 Å². The predicted molar refractivity (Wildman–Crippen MR) is 74.6 cm³/mol. The van der Waals surface area contributed by atoms with Crippen molar-refractivity contribution in [1.29, 1.82) is 0 Å². The van der Waals surface area contributed by atoms with Crippen LogP contribution in [0.5, 0.6) is 0 Å². The second kappa shape index (κ2) is 4.96. The molecule has 0 unspecified atom stereocenters. The van der Waals surface area contributed by atoms with Crippen LogP contribution >= 0.6 is 22.7 Å². The van der Waals surface area contributed by atoms with Gasteiger partial charge in [-0.3, -0.25) is 4.72 Å². The van der Waals surface area contributed by atoms with Gasteiger partial charge in [-0.15, -0.1) is 22.7 Å². The van der Waals surface area contributed by atoms with Crippen LogP contribution in [-0.2, 0) is 16.6 Å². The van der Waals surface area contributed by atoms with E-state index in [-0.39, 0.29) is 4.90 Å². The molecule has 98 valence electrons. The number of sulfonamides is 1. The van der Waals surface area contributed by atoms with Crippen molar-refractivity contribution in [2.45, 2.75) is 25.3 Å². The van der Waals surface area contributed by atoms with Crippen molar-refractivity contribution in [3.63, 3.8) is 0 Å². The second-order valence-corrected chi connectivity index (χ2v) is 7.59. The van der Waals surface area contributed by atoms with Crippen molar-refractivity contribution < 1.29 is 8.42 Å². The summed E-state index contributed by atoms with van der Waals surface area (Å²) in [5, 5.41) is 2.18. The van der Waals surface area contributed by atoms with Gasteiger partial charge in [-0.25, -0.2) is 13.4 Å². The SMILES string of the molecule is Cc1csc(NS(=O)(=O)c2cc(CN)sc2C)n1. The highest BCUT2D eigenvalue weighted by molar-refractivity contribution is 7.93. The van der Waals surface area contributed by atoms with Gasteiger partial charge in [0.1, 0.15) is 4.90 Å². The number of nitrogens with two attached hydrogens (primary N) is 1. The van der Waals surface area contributed by atoms with E-state index in [9.17, 15) is 8.42 Å². The van der Waals surface area contributed by atoms with E-state index in [1.165, 1.54) is 22.7 Å². The maximum Gasteiger partial charge on any atom is 0.264 e. The highest BCUT2D eigenvalue weighted by Gasteiger charge is 2.20. The fraction of sp³-hybridized carbons (Fsp3) is 0.300. The van der Waals surface area contributed by atoms with Crippen molar-refractivity contribution in [2.24, 2.45) is 5.73 Å². The third-order valence-corrected chi connectivity index (χ3v) is 5.93. The molecule has 8 heteroatoms. The fourth-order valence-electron chi connectivity index (χ4n) is 1.46. The van der Waals surface area contributed by atoms with Crippen molar-refractivity contribution in [2.75, 3.05) is 4.72 Å². The van der Waals surface area contributed by atoms with Gasteiger partial charge < -0.3 is 5.73 Å². The van der Waals surface area contributed by atoms with E-state index in [1.807, 2.05) is 6.92 Å². The summed E-state index contributed by atoms with van der Waals surface area (Å²) in [4.78, 5) is 5.95. The molecule has 0 aliphatic carbocycles. The molecule has 0 aromatic carbocycles. The van der Waals surface area contributed by atoms with E-state index in [1.54, 1.807) is 18.4 Å². The van der Waals surface area contributed by atoms with Crippen LogP contribution < -0.4 is 10.5 Å². The quantitative estimate of drug-likeness (QED) is 0.905. The van der Waals surface area contributed by atoms with Crippen molar-refractivity contribution >= 4 is 37.8 Å². The topological polar surface area (TPSA) is 85.1 Å². The molecule has 2 aromatic rings. The largest absolute Gasteiger partial charge is 0.326 e. The lowest BCUT2D eigenvalue weighted by atomic mass is 10.4. The van der Waals surface area contributed by atoms with Gasteiger partial charge in [0.2, 0.25) is 0 Å². The summed E-state index contributed by atoms with van der Waals surface area (Å²) in [5.41, 5.74) is 6.31. The second-order valence-electron chi connectivity index (χ2n) is 3.74. The lowest BCUT2D eigenvalue weighted by Gasteiger charge is -2.03. The molecule has 0 saturated heterocycles. The molecule has 2 rings (SSSR count). The van der Waals surface area contributed by atoms with Crippen LogP contribution in [0.15, 0.2) is 16.3 Å². The Morgan fingerprint density at radius 1 is 1.44 bits per heavy atom. The Bertz CT molecular complexity index is 658. The Kier molecular flexibility index (Phi) is 3.71. The molecule has 0 atom stereocenters. The monoisotopic (exact) mass is 303 g/mol. The number of hydrogen-bond donors (Lipinski definition) is 2. The number of anilines is 1. The zero-order valence-electron chi connectivity index (χ0n) is 9.93. The first-order valence-electron chi connectivity index (χ1n) is 5.16. The van der Waals surface area contributed by atoms with Crippen molar-refractivity contribution in [1.82, 2.24) is 4.98 Å². The minimum Gasteiger partial charge on any atom is -0.326 e. The predicted octanol–water partition coefficient (Wildman–Crippen LogP) is 2.08. The van der Waals surface area contributed by atoms with Crippen LogP contribution in [0.25, 0.3) is 0 Å². The van der Waals surface area contributed by atoms with Crippen molar-refractivity contribution in [3.05, 3.63) is 26.9 Å². The van der Waals surface area contributed by atoms with E-state index >= 15 is 0 Å². The van der Waals surface area contributed by atoms with E-state index in [0.717, 1.165) is 15.4 Å². The molecular weight excluding hydrogens is 290 g/mol. The number of nitrogens with one attached hydrogen (secondary N) is 1. The maximum absolute atomic E-state index is 12.2. The van der Waals surface area contributed by atoms with Gasteiger partial charge in [0.15, 0.2) is 5.13 Å². The molecule has 0 aliphatic heterocycles. The molecule has 0 saturated carbocycles. The van der Waals surface area contributed by atoms with Crippen LogP contribution in [-0.4, -0.2) is 13.4 Å². The zero-order valence-corrected chi connectivity index (χ0v) is 12.4. The van der Waals surface area contributed by atoms with Crippen molar-refractivity contribution in [3.8, 4) is 0 Å². The van der Waals surface area contributed by atoms with Gasteiger partial charge in [-0.1, -0.05) is 0 Å². The summed E-state index contributed by atoms with van der Waals surface area (Å²) in [7, 11) is -3.57. The first kappa shape index (κ1) is 13.5. The number of hydrogen-bond acceptors (Lipinski definition) is 6. The normalized spacial score (nSPS) is 11.7. The van der Waals surface area contributed by atoms with Crippen LogP contribution in [0, 0.1) is 13.8 Å². The average Bonchev–Trinajstić information content (AvgIpc) is 2.84. The van der Waals surface area contributed by atoms with Crippen LogP contribution in [0.4, 0.5) is 5.13 Å². The molecule has 0 aliphatic rings. The van der Waals surface area contributed by atoms with E-state index < -0.39 is 10.0 Å². The van der Waals surface area contributed by atoms with Crippen LogP contribution in [0.3, 0.4) is 0 Å². The van der Waals surface area contributed by atoms with E-state index in [2.05, 4.69) is 9.71 Å². The summed E-state index contributed by atoms with van der Waals surface area (Å²) in [6.45, 7) is 3.93. The molecule has 0 spiro atoms. The number of rotatable bonds is 4. The summed E-state index contributed by atoms with van der Waals surface area (Å²) in [5.74, 6) is 0. The Morgan fingerprint density at radius 3 is 2.67 bits per heavy atom. The molecule has 2 aromatic heterocycles. The standard InChI is InChI=1S/C10H13N3O2S3/c1-6-5-16-10(12-6)13-18(14,15)9-3-8(4-11)17-7(9)2/h3,5H,4,11H2,1-2H3,(H,12,13). The molecule has 5 nitrogen and oxygen atoms in total. The van der Waals surface area contributed by atoms with Gasteiger partial charge in [0, 0.05) is 21.7 Å². The molecular formula is C10H13N3O2S3. The lowest BCUT2D eigenvalue weighted by molar-refractivity contribution is 0.601. The minimum absolute atomic E-state index is 0.279. The molecule has 0 radical (unpaired) electrons. The molecule has 0 amide bonds. The Labute approximate surface area is 114 Å². The Hall–Kier alpha value is -0.960. The van der Waals surface area contributed by atoms with E-state index in [4.69, 9.17) is 5.73 Å². The highest BCUT2D eigenvalue weighted by atomic mass is 32.2. The summed E-state index contributed by atoms with van der Waals surface area (Å²) in [6.07, 6.45) is 0. The number of thiazole rings is 1. The molecule has 0 fully saturated rings. The van der Waals surface area contributed by atoms with Gasteiger partial charge in [-0.2, -0.15) is 0 Å². The van der Waals surface area contributed by atoms with E-state index in [0.29, 0.717) is 11.7 Å². The molecule has 0 bridgehead atoms. The van der Waals surface area contributed by atoms with Gasteiger partial charge in [0.25, 0.3) is 10.0 Å². The summed E-state index contributed by atoms with van der Waals surface area (Å²) >= 11 is 2.66. The zero-order chi connectivity index (χ0) is 13.3. The third-order valence-electron chi connectivity index (χ3n) is 2.25. The fourth-order valence-corrected chi connectivity index (χ4v) is 4.92. The smallest absolute Gasteiger partial charge is 0.264 e. The molecule has 3 N–H and O–H groups in total. The summed E-state index contributed by atoms with van der Waals surface area (Å²) < 4.78 is 26.8. The van der Waals surface area contributed by atoms with Gasteiger partial charge in [-0.05, 0) is 19.9 Å². The third kappa shape index (κ3) is 2.72. The summed E-state index contributed by atoms with van der Waals surface area (Å²) in [6, 6.07) is 1.61. The molecule has 18 heavy (non-hydrogen) atoms. The van der Waals surface area contributed by atoms with Crippen LogP contribution in [0.2, 0.25) is 0 Å². The average molecular weight is 303 g/mol. The van der Waals surface area contributed by atoms with Crippen LogP contribution in [0.1, 0.15) is 15.4 Å². The Balaban J connectivity index is 2.33. The first-order chi connectivity index (χ1) is 8.42. The molecule has 2 heterocycles. The number of aromatic nitrogens is 1. The number of aryl methyl sites for hydroxylation is 2. The minimum atomic E-state index is -3.57. The maximum atomic E-state index is 12.2. The highest BCUT2D eigenvalue weighted by Crippen LogP contribution is 2.27. The number of thiophene rings is 1. The number of nitrogens with zero attached hydrogens (tertiary/aromatic N) is 1.